The van der Waals surface area contributed by atoms with E-state index in [1.807, 2.05) is 20.8 Å². The molecule has 0 radical (unpaired) electrons. The number of methoxy groups -OCH3 is 1. The second kappa shape index (κ2) is 8.22. The molecule has 1 amide bonds. The zero-order chi connectivity index (χ0) is 20.3. The Kier molecular flexibility index (Phi) is 5.93. The van der Waals surface area contributed by atoms with E-state index < -0.39 is 5.63 Å². The molecule has 1 aromatic heterocycles. The van der Waals surface area contributed by atoms with E-state index in [4.69, 9.17) is 18.6 Å². The monoisotopic (exact) mass is 389 g/mol. The molecule has 3 rings (SSSR count). The summed E-state index contributed by atoms with van der Waals surface area (Å²) in [6, 6.07) is 3.29. The fourth-order valence-electron chi connectivity index (χ4n) is 3.40. The SMILES string of the molecule is CCc1cc(=O)oc2c3c(cc(OCC(=O)NCCOC)c12)OC(C)(C)CC3. The molecule has 7 nitrogen and oxygen atoms in total. The molecule has 28 heavy (non-hydrogen) atoms. The van der Waals surface area contributed by atoms with Crippen molar-refractivity contribution in [2.24, 2.45) is 0 Å². The Morgan fingerprint density at radius 2 is 2.11 bits per heavy atom. The number of aryl methyl sites for hydroxylation is 2. The Bertz CT molecular complexity index is 931. The summed E-state index contributed by atoms with van der Waals surface area (Å²) in [5.41, 5.74) is 1.48. The van der Waals surface area contributed by atoms with Crippen molar-refractivity contribution in [3.05, 3.63) is 33.7 Å². The van der Waals surface area contributed by atoms with Gasteiger partial charge in [0.15, 0.2) is 6.61 Å². The number of hydrogen-bond donors (Lipinski definition) is 1. The molecule has 0 saturated carbocycles. The number of hydrogen-bond acceptors (Lipinski definition) is 6. The van der Waals surface area contributed by atoms with E-state index in [0.29, 0.717) is 36.7 Å². The third-order valence-corrected chi connectivity index (χ3v) is 4.85. The first-order valence-corrected chi connectivity index (χ1v) is 9.54. The van der Waals surface area contributed by atoms with E-state index in [9.17, 15) is 9.59 Å². The van der Waals surface area contributed by atoms with Gasteiger partial charge in [-0.3, -0.25) is 4.79 Å². The van der Waals surface area contributed by atoms with Gasteiger partial charge in [-0.15, -0.1) is 0 Å². The molecule has 1 aromatic carbocycles. The molecule has 1 aliphatic rings. The standard InChI is InChI=1S/C21H27NO6/c1-5-13-10-18(24)27-20-14-6-7-21(2,3)28-15(14)11-16(19(13)20)26-12-17(23)22-8-9-25-4/h10-11H,5-9,12H2,1-4H3,(H,22,23). The Morgan fingerprint density at radius 1 is 1.32 bits per heavy atom. The Hall–Kier alpha value is -2.54. The maximum absolute atomic E-state index is 12.1. The molecule has 0 spiro atoms. The van der Waals surface area contributed by atoms with Gasteiger partial charge in [-0.2, -0.15) is 0 Å². The average Bonchev–Trinajstić information content (AvgIpc) is 2.64. The predicted molar refractivity (Wildman–Crippen MR) is 105 cm³/mol. The second-order valence-electron chi connectivity index (χ2n) is 7.49. The lowest BCUT2D eigenvalue weighted by atomic mass is 9.92. The molecule has 0 bridgehead atoms. The number of fused-ring (bicyclic) bond motifs is 3. The van der Waals surface area contributed by atoms with Gasteiger partial charge < -0.3 is 23.9 Å². The lowest BCUT2D eigenvalue weighted by Gasteiger charge is -2.33. The molecule has 0 atom stereocenters. The maximum Gasteiger partial charge on any atom is 0.336 e. The number of rotatable bonds is 7. The number of carbonyl (C=O) groups is 1. The zero-order valence-corrected chi connectivity index (χ0v) is 16.8. The molecule has 0 saturated heterocycles. The van der Waals surface area contributed by atoms with E-state index in [1.165, 1.54) is 6.07 Å². The van der Waals surface area contributed by atoms with Crippen LogP contribution in [0.3, 0.4) is 0 Å². The molecule has 7 heteroatoms. The number of amides is 1. The van der Waals surface area contributed by atoms with Crippen LogP contribution in [0, 0.1) is 0 Å². The van der Waals surface area contributed by atoms with Crippen molar-refractivity contribution in [1.82, 2.24) is 5.32 Å². The smallest absolute Gasteiger partial charge is 0.336 e. The average molecular weight is 389 g/mol. The van der Waals surface area contributed by atoms with Crippen molar-refractivity contribution >= 4 is 16.9 Å². The lowest BCUT2D eigenvalue weighted by molar-refractivity contribution is -0.123. The summed E-state index contributed by atoms with van der Waals surface area (Å²) in [4.78, 5) is 24.1. The highest BCUT2D eigenvalue weighted by molar-refractivity contribution is 5.92. The van der Waals surface area contributed by atoms with Crippen molar-refractivity contribution < 1.29 is 23.4 Å². The van der Waals surface area contributed by atoms with Crippen LogP contribution in [-0.4, -0.2) is 38.4 Å². The maximum atomic E-state index is 12.1. The van der Waals surface area contributed by atoms with Crippen LogP contribution in [-0.2, 0) is 22.4 Å². The van der Waals surface area contributed by atoms with Gasteiger partial charge in [-0.1, -0.05) is 6.92 Å². The van der Waals surface area contributed by atoms with Crippen molar-refractivity contribution in [2.75, 3.05) is 26.9 Å². The quantitative estimate of drug-likeness (QED) is 0.579. The van der Waals surface area contributed by atoms with E-state index in [1.54, 1.807) is 13.2 Å². The van der Waals surface area contributed by atoms with Gasteiger partial charge >= 0.3 is 5.63 Å². The summed E-state index contributed by atoms with van der Waals surface area (Å²) >= 11 is 0. The first-order chi connectivity index (χ1) is 13.3. The summed E-state index contributed by atoms with van der Waals surface area (Å²) in [7, 11) is 1.57. The first kappa shape index (κ1) is 20.2. The van der Waals surface area contributed by atoms with Crippen LogP contribution < -0.4 is 20.4 Å². The Labute approximate surface area is 164 Å². The van der Waals surface area contributed by atoms with Crippen LogP contribution in [0.25, 0.3) is 11.0 Å². The third-order valence-electron chi connectivity index (χ3n) is 4.85. The van der Waals surface area contributed by atoms with E-state index in [2.05, 4.69) is 5.32 Å². The predicted octanol–water partition coefficient (Wildman–Crippen LogP) is 2.60. The van der Waals surface area contributed by atoms with Crippen LogP contribution in [0.1, 0.15) is 38.3 Å². The zero-order valence-electron chi connectivity index (χ0n) is 16.8. The van der Waals surface area contributed by atoms with Gasteiger partial charge in [0.05, 0.1) is 12.0 Å². The number of nitrogens with one attached hydrogen (secondary N) is 1. The van der Waals surface area contributed by atoms with Crippen molar-refractivity contribution in [2.45, 2.75) is 45.6 Å². The largest absolute Gasteiger partial charge is 0.487 e. The highest BCUT2D eigenvalue weighted by atomic mass is 16.5. The number of benzene rings is 1. The molecule has 152 valence electrons. The van der Waals surface area contributed by atoms with Crippen LogP contribution in [0.5, 0.6) is 11.5 Å². The molecule has 2 aromatic rings. The molecular weight excluding hydrogens is 362 g/mol. The first-order valence-electron chi connectivity index (χ1n) is 9.54. The molecule has 1 N–H and O–H groups in total. The molecular formula is C21H27NO6. The van der Waals surface area contributed by atoms with Crippen LogP contribution in [0.15, 0.2) is 21.3 Å². The molecule has 0 aliphatic carbocycles. The number of ether oxygens (including phenoxy) is 3. The summed E-state index contributed by atoms with van der Waals surface area (Å²) in [5.74, 6) is 0.864. The normalized spacial score (nSPS) is 15.0. The molecule has 1 aliphatic heterocycles. The van der Waals surface area contributed by atoms with E-state index >= 15 is 0 Å². The molecule has 0 fully saturated rings. The van der Waals surface area contributed by atoms with Gasteiger partial charge in [0.1, 0.15) is 22.7 Å². The van der Waals surface area contributed by atoms with Crippen molar-refractivity contribution in [3.63, 3.8) is 0 Å². The summed E-state index contributed by atoms with van der Waals surface area (Å²) in [6.45, 7) is 6.69. The topological polar surface area (TPSA) is 87.0 Å². The highest BCUT2D eigenvalue weighted by Crippen LogP contribution is 2.42. The van der Waals surface area contributed by atoms with Crippen LogP contribution in [0.4, 0.5) is 0 Å². The minimum atomic E-state index is -0.397. The summed E-state index contributed by atoms with van der Waals surface area (Å²) in [5, 5.41) is 3.45. The molecule has 0 unspecified atom stereocenters. The summed E-state index contributed by atoms with van der Waals surface area (Å²) < 4.78 is 22.4. The van der Waals surface area contributed by atoms with E-state index in [0.717, 1.165) is 29.4 Å². The minimum absolute atomic E-state index is 0.150. The molecule has 2 heterocycles. The van der Waals surface area contributed by atoms with Gasteiger partial charge in [0, 0.05) is 31.4 Å². The van der Waals surface area contributed by atoms with E-state index in [-0.39, 0.29) is 18.1 Å². The van der Waals surface area contributed by atoms with Gasteiger partial charge in [-0.25, -0.2) is 4.79 Å². The van der Waals surface area contributed by atoms with Crippen molar-refractivity contribution in [1.29, 1.82) is 0 Å². The Morgan fingerprint density at radius 3 is 2.82 bits per heavy atom. The van der Waals surface area contributed by atoms with Gasteiger partial charge in [0.25, 0.3) is 5.91 Å². The number of carbonyl (C=O) groups excluding carboxylic acids is 1. The third kappa shape index (κ3) is 4.30. The van der Waals surface area contributed by atoms with Crippen molar-refractivity contribution in [3.8, 4) is 11.5 Å². The van der Waals surface area contributed by atoms with Crippen LogP contribution in [0.2, 0.25) is 0 Å². The Balaban J connectivity index is 2.01. The second-order valence-corrected chi connectivity index (χ2v) is 7.49. The van der Waals surface area contributed by atoms with Gasteiger partial charge in [0.2, 0.25) is 0 Å². The van der Waals surface area contributed by atoms with Crippen LogP contribution >= 0.6 is 0 Å². The van der Waals surface area contributed by atoms with Gasteiger partial charge in [-0.05, 0) is 38.7 Å². The fraction of sp³-hybridized carbons (Fsp3) is 0.524. The summed E-state index contributed by atoms with van der Waals surface area (Å²) in [6.07, 6.45) is 2.20. The minimum Gasteiger partial charge on any atom is -0.487 e. The lowest BCUT2D eigenvalue weighted by Crippen LogP contribution is -2.33. The highest BCUT2D eigenvalue weighted by Gasteiger charge is 2.30. The fourth-order valence-corrected chi connectivity index (χ4v) is 3.40.